The maximum Gasteiger partial charge on any atom is 0.343 e. The van der Waals surface area contributed by atoms with Crippen LogP contribution in [0.3, 0.4) is 0 Å². The number of fused-ring (bicyclic) bond motifs is 3. The van der Waals surface area contributed by atoms with E-state index in [9.17, 15) is 4.79 Å². The van der Waals surface area contributed by atoms with E-state index >= 15 is 0 Å². The highest BCUT2D eigenvalue weighted by atomic mass is 32.1. The Morgan fingerprint density at radius 1 is 1.12 bits per heavy atom. The monoisotopic (exact) mass is 481 g/mol. The Labute approximate surface area is 200 Å². The second-order valence-electron chi connectivity index (χ2n) is 8.34. The molecular formula is C25H23NO7S. The molecule has 0 amide bonds. The highest BCUT2D eigenvalue weighted by molar-refractivity contribution is 7.08. The molecule has 1 aromatic heterocycles. The molecule has 6 rings (SSSR count). The molecule has 2 aromatic carbocycles. The molecule has 0 saturated carbocycles. The summed E-state index contributed by atoms with van der Waals surface area (Å²) in [6.07, 6.45) is 0.259. The standard InChI is InChI=1S/C25H23NO7S/c1-26-8-6-13-10-17-23(31-12-30-17)24(29-3)18(13)20(26)21-15-4-5-16(28-2)22(19(15)25(27)33-21)32-14-7-9-34-11-14/h4-5,7,9-11,20-21H,6,8,12H2,1-3H3/t20-,21+/m1/s1. The highest BCUT2D eigenvalue weighted by Gasteiger charge is 2.46. The predicted octanol–water partition coefficient (Wildman–Crippen LogP) is 4.73. The third-order valence-corrected chi connectivity index (χ3v) is 7.23. The van der Waals surface area contributed by atoms with Gasteiger partial charge in [-0.15, -0.1) is 11.3 Å². The molecule has 0 spiro atoms. The minimum absolute atomic E-state index is 0.152. The summed E-state index contributed by atoms with van der Waals surface area (Å²) in [5.74, 6) is 2.92. The second kappa shape index (κ2) is 8.11. The summed E-state index contributed by atoms with van der Waals surface area (Å²) in [6, 6.07) is 7.28. The zero-order chi connectivity index (χ0) is 23.4. The largest absolute Gasteiger partial charge is 0.493 e. The van der Waals surface area contributed by atoms with E-state index in [-0.39, 0.29) is 12.8 Å². The molecular weight excluding hydrogens is 458 g/mol. The van der Waals surface area contributed by atoms with E-state index in [2.05, 4.69) is 4.90 Å². The van der Waals surface area contributed by atoms with Crippen molar-refractivity contribution in [2.75, 3.05) is 34.6 Å². The molecule has 3 aliphatic heterocycles. The molecule has 0 radical (unpaired) electrons. The summed E-state index contributed by atoms with van der Waals surface area (Å²) in [4.78, 5) is 15.4. The molecule has 9 heteroatoms. The number of carbonyl (C=O) groups excluding carboxylic acids is 1. The third kappa shape index (κ3) is 3.11. The van der Waals surface area contributed by atoms with Crippen LogP contribution in [0.4, 0.5) is 0 Å². The van der Waals surface area contributed by atoms with E-state index in [1.165, 1.54) is 11.3 Å². The highest BCUT2D eigenvalue weighted by Crippen LogP contribution is 2.55. The zero-order valence-electron chi connectivity index (χ0n) is 19.0. The molecule has 176 valence electrons. The van der Waals surface area contributed by atoms with E-state index in [1.807, 2.05) is 42.1 Å². The average Bonchev–Trinajstić information content (AvgIpc) is 3.59. The lowest BCUT2D eigenvalue weighted by Crippen LogP contribution is -2.36. The topological polar surface area (TPSA) is 75.7 Å². The molecule has 0 unspecified atom stereocenters. The lowest BCUT2D eigenvalue weighted by molar-refractivity contribution is 0.00876. The third-order valence-electron chi connectivity index (χ3n) is 6.57. The Balaban J connectivity index is 1.50. The number of nitrogens with zero attached hydrogens (tertiary/aromatic N) is 1. The van der Waals surface area contributed by atoms with Gasteiger partial charge >= 0.3 is 5.97 Å². The van der Waals surface area contributed by atoms with Crippen molar-refractivity contribution in [3.63, 3.8) is 0 Å². The maximum atomic E-state index is 13.2. The van der Waals surface area contributed by atoms with Gasteiger partial charge in [-0.05, 0) is 42.6 Å². The lowest BCUT2D eigenvalue weighted by atomic mass is 9.85. The summed E-state index contributed by atoms with van der Waals surface area (Å²) < 4.78 is 34.8. The van der Waals surface area contributed by atoms with Gasteiger partial charge in [0, 0.05) is 23.1 Å². The second-order valence-corrected chi connectivity index (χ2v) is 9.12. The van der Waals surface area contributed by atoms with Crippen LogP contribution in [-0.4, -0.2) is 45.5 Å². The van der Waals surface area contributed by atoms with Gasteiger partial charge < -0.3 is 28.4 Å². The van der Waals surface area contributed by atoms with Crippen molar-refractivity contribution in [3.05, 3.63) is 57.3 Å². The van der Waals surface area contributed by atoms with E-state index in [0.29, 0.717) is 40.1 Å². The van der Waals surface area contributed by atoms with Crippen molar-refractivity contribution in [1.82, 2.24) is 4.90 Å². The van der Waals surface area contributed by atoms with Gasteiger partial charge in [-0.1, -0.05) is 6.07 Å². The van der Waals surface area contributed by atoms with Gasteiger partial charge in [0.1, 0.15) is 17.4 Å². The molecule has 2 atom stereocenters. The normalized spacial score (nSPS) is 20.5. The molecule has 3 aliphatic rings. The molecule has 8 nitrogen and oxygen atoms in total. The van der Waals surface area contributed by atoms with E-state index in [4.69, 9.17) is 28.4 Å². The van der Waals surface area contributed by atoms with Crippen LogP contribution < -0.4 is 23.7 Å². The number of methoxy groups -OCH3 is 2. The first-order valence-corrected chi connectivity index (χ1v) is 11.9. The first-order valence-electron chi connectivity index (χ1n) is 10.9. The Morgan fingerprint density at radius 3 is 2.76 bits per heavy atom. The van der Waals surface area contributed by atoms with Gasteiger partial charge in [0.05, 0.1) is 20.3 Å². The van der Waals surface area contributed by atoms with Crippen molar-refractivity contribution < 1.29 is 33.2 Å². The predicted molar refractivity (Wildman–Crippen MR) is 124 cm³/mol. The fourth-order valence-corrected chi connectivity index (χ4v) is 5.59. The number of benzene rings is 2. The summed E-state index contributed by atoms with van der Waals surface area (Å²) in [6.45, 7) is 0.942. The van der Waals surface area contributed by atoms with Gasteiger partial charge in [-0.3, -0.25) is 4.90 Å². The molecule has 0 fully saturated rings. The van der Waals surface area contributed by atoms with Crippen molar-refractivity contribution in [1.29, 1.82) is 0 Å². The number of thiophene rings is 1. The number of rotatable bonds is 5. The van der Waals surface area contributed by atoms with Crippen LogP contribution in [0.25, 0.3) is 0 Å². The molecule has 0 aliphatic carbocycles. The summed E-state index contributed by atoms with van der Waals surface area (Å²) in [5, 5.41) is 3.78. The minimum atomic E-state index is -0.559. The van der Waals surface area contributed by atoms with Gasteiger partial charge in [-0.25, -0.2) is 4.79 Å². The smallest absolute Gasteiger partial charge is 0.343 e. The lowest BCUT2D eigenvalue weighted by Gasteiger charge is -2.38. The number of hydrogen-bond donors (Lipinski definition) is 0. The van der Waals surface area contributed by atoms with Crippen LogP contribution >= 0.6 is 11.3 Å². The van der Waals surface area contributed by atoms with Crippen molar-refractivity contribution in [3.8, 4) is 34.5 Å². The van der Waals surface area contributed by atoms with Crippen LogP contribution in [0.1, 0.15) is 39.2 Å². The summed E-state index contributed by atoms with van der Waals surface area (Å²) in [5.41, 5.74) is 3.18. The maximum absolute atomic E-state index is 13.2. The Kier molecular flexibility index (Phi) is 5.04. The fraction of sp³-hybridized carbons (Fsp3) is 0.320. The van der Waals surface area contributed by atoms with Crippen LogP contribution in [0.15, 0.2) is 35.0 Å². The fourth-order valence-electron chi connectivity index (χ4n) is 5.04. The first-order chi connectivity index (χ1) is 16.6. The van der Waals surface area contributed by atoms with Gasteiger partial charge in [-0.2, -0.15) is 0 Å². The molecule has 0 bridgehead atoms. The zero-order valence-corrected chi connectivity index (χ0v) is 19.8. The van der Waals surface area contributed by atoms with Crippen molar-refractivity contribution in [2.45, 2.75) is 18.6 Å². The minimum Gasteiger partial charge on any atom is -0.493 e. The van der Waals surface area contributed by atoms with Gasteiger partial charge in [0.2, 0.25) is 12.5 Å². The van der Waals surface area contributed by atoms with Crippen molar-refractivity contribution >= 4 is 17.3 Å². The van der Waals surface area contributed by atoms with Crippen molar-refractivity contribution in [2.24, 2.45) is 0 Å². The van der Waals surface area contributed by atoms with Crippen LogP contribution in [-0.2, 0) is 11.2 Å². The number of esters is 1. The Hall–Kier alpha value is -3.43. The SMILES string of the molecule is COc1ccc2c(c1Oc1ccsc1)C(=O)O[C@@H]2[C@H]1c2c(cc3c(c2OC)OCO3)CCN1C. The Bertz CT molecular complexity index is 1270. The van der Waals surface area contributed by atoms with Crippen LogP contribution in [0.2, 0.25) is 0 Å². The number of cyclic esters (lactones) is 1. The first kappa shape index (κ1) is 21.1. The molecule has 3 aromatic rings. The average molecular weight is 482 g/mol. The summed E-state index contributed by atoms with van der Waals surface area (Å²) in [7, 11) is 5.20. The quantitative estimate of drug-likeness (QED) is 0.485. The molecule has 0 N–H and O–H groups in total. The van der Waals surface area contributed by atoms with Crippen LogP contribution in [0.5, 0.6) is 34.5 Å². The van der Waals surface area contributed by atoms with E-state index in [1.54, 1.807) is 14.2 Å². The number of ether oxygens (including phenoxy) is 6. The Morgan fingerprint density at radius 2 is 2.00 bits per heavy atom. The van der Waals surface area contributed by atoms with Gasteiger partial charge in [0.15, 0.2) is 23.0 Å². The molecule has 0 saturated heterocycles. The van der Waals surface area contributed by atoms with E-state index < -0.39 is 12.1 Å². The number of likely N-dealkylation sites (N-methyl/N-ethyl adjacent to an activating group) is 1. The number of carbonyl (C=O) groups is 1. The number of hydrogen-bond acceptors (Lipinski definition) is 9. The molecule has 4 heterocycles. The van der Waals surface area contributed by atoms with Gasteiger partial charge in [0.25, 0.3) is 0 Å². The van der Waals surface area contributed by atoms with Crippen LogP contribution in [0, 0.1) is 0 Å². The summed E-state index contributed by atoms with van der Waals surface area (Å²) >= 11 is 1.51. The molecule has 34 heavy (non-hydrogen) atoms. The van der Waals surface area contributed by atoms with E-state index in [0.717, 1.165) is 29.7 Å².